The number of aliphatic hydroxyl groups is 1. The van der Waals surface area contributed by atoms with E-state index in [4.69, 9.17) is 5.11 Å². The van der Waals surface area contributed by atoms with Crippen LogP contribution in [0.25, 0.3) is 0 Å². The van der Waals surface area contributed by atoms with E-state index in [1.165, 1.54) is 6.07 Å². The molecule has 0 fully saturated rings. The molecule has 0 radical (unpaired) electrons. The smallest absolute Gasteiger partial charge is 0.230 e. The molecule has 17 heavy (non-hydrogen) atoms. The lowest BCUT2D eigenvalue weighted by Crippen LogP contribution is -2.36. The van der Waals surface area contributed by atoms with Gasteiger partial charge in [0.25, 0.3) is 0 Å². The molecular formula is C11H13F2NO2S. The Morgan fingerprint density at radius 2 is 2.18 bits per heavy atom. The summed E-state index contributed by atoms with van der Waals surface area (Å²) < 4.78 is 25.5. The van der Waals surface area contributed by atoms with Crippen molar-refractivity contribution < 1.29 is 18.7 Å². The lowest BCUT2D eigenvalue weighted by atomic mass is 10.3. The van der Waals surface area contributed by atoms with Crippen molar-refractivity contribution in [2.75, 3.05) is 12.4 Å². The van der Waals surface area contributed by atoms with Gasteiger partial charge in [0.1, 0.15) is 0 Å². The third kappa shape index (κ3) is 4.70. The van der Waals surface area contributed by atoms with Crippen molar-refractivity contribution in [3.63, 3.8) is 0 Å². The molecule has 0 aromatic heterocycles. The fraction of sp³-hybridized carbons (Fsp3) is 0.364. The van der Waals surface area contributed by atoms with Crippen LogP contribution in [-0.2, 0) is 4.79 Å². The summed E-state index contributed by atoms with van der Waals surface area (Å²) in [4.78, 5) is 11.8. The van der Waals surface area contributed by atoms with E-state index in [0.29, 0.717) is 4.90 Å². The highest BCUT2D eigenvalue weighted by Crippen LogP contribution is 2.19. The van der Waals surface area contributed by atoms with Gasteiger partial charge in [-0.1, -0.05) is 0 Å². The first-order valence-electron chi connectivity index (χ1n) is 5.01. The number of nitrogens with one attached hydrogen (secondary N) is 1. The Bertz CT molecular complexity index is 401. The monoisotopic (exact) mass is 261 g/mol. The maximum Gasteiger partial charge on any atom is 0.230 e. The molecule has 0 spiro atoms. The number of thioether (sulfide) groups is 1. The van der Waals surface area contributed by atoms with Crippen molar-refractivity contribution in [3.05, 3.63) is 29.8 Å². The lowest BCUT2D eigenvalue weighted by Gasteiger charge is -2.10. The molecular weight excluding hydrogens is 248 g/mol. The SMILES string of the molecule is CC(CO)NC(=O)CSc1ccc(F)c(F)c1. The van der Waals surface area contributed by atoms with E-state index in [1.54, 1.807) is 6.92 Å². The van der Waals surface area contributed by atoms with Crippen molar-refractivity contribution in [2.24, 2.45) is 0 Å². The second kappa shape index (κ2) is 6.56. The van der Waals surface area contributed by atoms with Gasteiger partial charge < -0.3 is 10.4 Å². The minimum absolute atomic E-state index is 0.0927. The Kier molecular flexibility index (Phi) is 5.37. The molecule has 0 aliphatic rings. The standard InChI is InChI=1S/C11H13F2NO2S/c1-7(5-15)14-11(16)6-17-8-2-3-9(12)10(13)4-8/h2-4,7,15H,5-6H2,1H3,(H,14,16). The van der Waals surface area contributed by atoms with Gasteiger partial charge in [0.2, 0.25) is 5.91 Å². The first kappa shape index (κ1) is 13.9. The highest BCUT2D eigenvalue weighted by atomic mass is 32.2. The predicted molar refractivity (Wildman–Crippen MR) is 61.8 cm³/mol. The number of amides is 1. The Labute approximate surface area is 102 Å². The molecule has 0 saturated carbocycles. The number of benzene rings is 1. The van der Waals surface area contributed by atoms with E-state index in [0.717, 1.165) is 23.9 Å². The lowest BCUT2D eigenvalue weighted by molar-refractivity contribution is -0.119. The van der Waals surface area contributed by atoms with Gasteiger partial charge in [-0.2, -0.15) is 0 Å². The zero-order valence-corrected chi connectivity index (χ0v) is 10.1. The molecule has 1 rings (SSSR count). The maximum atomic E-state index is 12.8. The zero-order chi connectivity index (χ0) is 12.8. The summed E-state index contributed by atoms with van der Waals surface area (Å²) in [7, 11) is 0. The third-order valence-corrected chi connectivity index (χ3v) is 2.94. The molecule has 0 bridgehead atoms. The van der Waals surface area contributed by atoms with Crippen LogP contribution in [0.15, 0.2) is 23.1 Å². The average molecular weight is 261 g/mol. The van der Waals surface area contributed by atoms with Gasteiger partial charge >= 0.3 is 0 Å². The number of halogens is 2. The van der Waals surface area contributed by atoms with Crippen molar-refractivity contribution in [3.8, 4) is 0 Å². The van der Waals surface area contributed by atoms with Crippen LogP contribution in [0.4, 0.5) is 8.78 Å². The minimum Gasteiger partial charge on any atom is -0.394 e. The van der Waals surface area contributed by atoms with Gasteiger partial charge in [-0.05, 0) is 25.1 Å². The van der Waals surface area contributed by atoms with E-state index in [-0.39, 0.29) is 24.3 Å². The number of aliphatic hydroxyl groups excluding tert-OH is 1. The molecule has 1 amide bonds. The van der Waals surface area contributed by atoms with E-state index in [1.807, 2.05) is 0 Å². The molecule has 0 heterocycles. The van der Waals surface area contributed by atoms with Gasteiger partial charge in [0.15, 0.2) is 11.6 Å². The van der Waals surface area contributed by atoms with Gasteiger partial charge in [0.05, 0.1) is 12.4 Å². The molecule has 0 saturated heterocycles. The van der Waals surface area contributed by atoms with Gasteiger partial charge in [-0.3, -0.25) is 4.79 Å². The van der Waals surface area contributed by atoms with Crippen LogP contribution in [0.2, 0.25) is 0 Å². The molecule has 1 atom stereocenters. The van der Waals surface area contributed by atoms with Gasteiger partial charge in [-0.25, -0.2) is 8.78 Å². The summed E-state index contributed by atoms with van der Waals surface area (Å²) in [6.45, 7) is 1.53. The number of hydrogen-bond donors (Lipinski definition) is 2. The quantitative estimate of drug-likeness (QED) is 0.791. The van der Waals surface area contributed by atoms with Crippen molar-refractivity contribution >= 4 is 17.7 Å². The van der Waals surface area contributed by atoms with Crippen molar-refractivity contribution in [1.29, 1.82) is 0 Å². The van der Waals surface area contributed by atoms with E-state index >= 15 is 0 Å². The van der Waals surface area contributed by atoms with Crippen molar-refractivity contribution in [1.82, 2.24) is 5.32 Å². The van der Waals surface area contributed by atoms with Crippen LogP contribution in [0.5, 0.6) is 0 Å². The Hall–Kier alpha value is -1.14. The maximum absolute atomic E-state index is 12.8. The average Bonchev–Trinajstić information content (AvgIpc) is 2.30. The highest BCUT2D eigenvalue weighted by Gasteiger charge is 2.08. The van der Waals surface area contributed by atoms with E-state index in [9.17, 15) is 13.6 Å². The Morgan fingerprint density at radius 1 is 1.47 bits per heavy atom. The molecule has 2 N–H and O–H groups in total. The molecule has 1 aromatic rings. The molecule has 0 aliphatic carbocycles. The molecule has 1 aromatic carbocycles. The van der Waals surface area contributed by atoms with Crippen LogP contribution in [0, 0.1) is 11.6 Å². The number of hydrogen-bond acceptors (Lipinski definition) is 3. The normalized spacial score (nSPS) is 12.2. The highest BCUT2D eigenvalue weighted by molar-refractivity contribution is 8.00. The molecule has 3 nitrogen and oxygen atoms in total. The molecule has 94 valence electrons. The number of carbonyl (C=O) groups is 1. The predicted octanol–water partition coefficient (Wildman–Crippen LogP) is 1.55. The summed E-state index contributed by atoms with van der Waals surface area (Å²) in [6.07, 6.45) is 0. The first-order valence-corrected chi connectivity index (χ1v) is 5.99. The van der Waals surface area contributed by atoms with Crippen LogP contribution in [0.3, 0.4) is 0 Å². The molecule has 1 unspecified atom stereocenters. The summed E-state index contributed by atoms with van der Waals surface area (Å²) in [5, 5.41) is 11.3. The second-order valence-electron chi connectivity index (χ2n) is 3.52. The second-order valence-corrected chi connectivity index (χ2v) is 4.56. The Morgan fingerprint density at radius 3 is 2.76 bits per heavy atom. The van der Waals surface area contributed by atoms with Crippen LogP contribution in [-0.4, -0.2) is 29.4 Å². The largest absolute Gasteiger partial charge is 0.394 e. The number of rotatable bonds is 5. The van der Waals surface area contributed by atoms with Crippen molar-refractivity contribution in [2.45, 2.75) is 17.9 Å². The summed E-state index contributed by atoms with van der Waals surface area (Å²) in [5.41, 5.74) is 0. The van der Waals surface area contributed by atoms with Crippen LogP contribution in [0.1, 0.15) is 6.92 Å². The van der Waals surface area contributed by atoms with Crippen LogP contribution >= 0.6 is 11.8 Å². The fourth-order valence-electron chi connectivity index (χ4n) is 1.08. The minimum atomic E-state index is -0.931. The van der Waals surface area contributed by atoms with E-state index in [2.05, 4.69) is 5.32 Å². The topological polar surface area (TPSA) is 49.3 Å². The third-order valence-electron chi connectivity index (χ3n) is 1.94. The molecule has 0 aliphatic heterocycles. The van der Waals surface area contributed by atoms with E-state index < -0.39 is 11.6 Å². The fourth-order valence-corrected chi connectivity index (χ4v) is 1.81. The van der Waals surface area contributed by atoms with Gasteiger partial charge in [0, 0.05) is 10.9 Å². The van der Waals surface area contributed by atoms with Gasteiger partial charge in [-0.15, -0.1) is 11.8 Å². The summed E-state index contributed by atoms with van der Waals surface area (Å²) in [5.74, 6) is -2.01. The summed E-state index contributed by atoms with van der Waals surface area (Å²) >= 11 is 1.10. The first-order chi connectivity index (χ1) is 8.02. The number of carbonyl (C=O) groups excluding carboxylic acids is 1. The summed E-state index contributed by atoms with van der Waals surface area (Å²) in [6, 6.07) is 3.16. The van der Waals surface area contributed by atoms with Crippen LogP contribution < -0.4 is 5.32 Å². The zero-order valence-electron chi connectivity index (χ0n) is 9.24. The molecule has 6 heteroatoms. The Balaban J connectivity index is 2.45.